The van der Waals surface area contributed by atoms with Gasteiger partial charge in [0.2, 0.25) is 5.91 Å². The molecule has 0 aromatic carbocycles. The first-order valence-electron chi connectivity index (χ1n) is 4.81. The number of nitrogens with two attached hydrogens (primary N) is 1. The number of piperidine rings is 1. The molecule has 3 N–H and O–H groups in total. The van der Waals surface area contributed by atoms with Crippen molar-refractivity contribution >= 4 is 11.7 Å². The molecule has 0 spiro atoms. The van der Waals surface area contributed by atoms with E-state index in [1.807, 2.05) is 4.90 Å². The van der Waals surface area contributed by atoms with E-state index < -0.39 is 0 Å². The van der Waals surface area contributed by atoms with Crippen molar-refractivity contribution < 1.29 is 4.79 Å². The topological polar surface area (TPSA) is 70.2 Å². The molecule has 0 atom stereocenters. The van der Waals surface area contributed by atoms with Gasteiger partial charge in [-0.05, 0) is 19.3 Å². The minimum absolute atomic E-state index is 0.247. The molecule has 0 bridgehead atoms. The van der Waals surface area contributed by atoms with Crippen molar-refractivity contribution in [3.8, 4) is 0 Å². The summed E-state index contributed by atoms with van der Waals surface area (Å²) in [5.41, 5.74) is 5.03. The van der Waals surface area contributed by atoms with E-state index in [-0.39, 0.29) is 5.91 Å². The van der Waals surface area contributed by atoms with E-state index in [1.54, 1.807) is 0 Å². The lowest BCUT2D eigenvalue weighted by Crippen LogP contribution is -2.35. The molecule has 1 aliphatic rings. The van der Waals surface area contributed by atoms with Gasteiger partial charge in [-0.2, -0.15) is 0 Å². The first kappa shape index (κ1) is 10.0. The number of nitrogens with one attached hydrogen (secondary N) is 1. The maximum Gasteiger partial charge on any atom is 0.217 e. The van der Waals surface area contributed by atoms with Gasteiger partial charge in [-0.1, -0.05) is 0 Å². The maximum atomic E-state index is 10.5. The molecule has 4 nitrogen and oxygen atoms in total. The van der Waals surface area contributed by atoms with E-state index in [4.69, 9.17) is 11.1 Å². The average Bonchev–Trinajstić information content (AvgIpc) is 2.08. The molecular weight excluding hydrogens is 166 g/mol. The SMILES string of the molecule is N=C1CCCCN1CCCC(N)=O. The zero-order valence-electron chi connectivity index (χ0n) is 7.88. The molecule has 0 unspecified atom stereocenters. The smallest absolute Gasteiger partial charge is 0.217 e. The highest BCUT2D eigenvalue weighted by Crippen LogP contribution is 2.11. The van der Waals surface area contributed by atoms with Crippen LogP contribution in [0.1, 0.15) is 32.1 Å². The molecule has 1 saturated heterocycles. The molecular formula is C9H17N3O. The number of carbonyl (C=O) groups excluding carboxylic acids is 1. The van der Waals surface area contributed by atoms with Crippen molar-refractivity contribution in [3.05, 3.63) is 0 Å². The molecule has 0 radical (unpaired) electrons. The predicted octanol–water partition coefficient (Wildman–Crippen LogP) is 0.715. The molecule has 13 heavy (non-hydrogen) atoms. The Morgan fingerprint density at radius 3 is 2.92 bits per heavy atom. The number of likely N-dealkylation sites (tertiary alicyclic amines) is 1. The van der Waals surface area contributed by atoms with E-state index in [9.17, 15) is 4.79 Å². The number of hydrogen-bond donors (Lipinski definition) is 2. The molecule has 1 aliphatic heterocycles. The van der Waals surface area contributed by atoms with Crippen molar-refractivity contribution in [2.75, 3.05) is 13.1 Å². The molecule has 74 valence electrons. The van der Waals surface area contributed by atoms with Gasteiger partial charge in [0.05, 0.1) is 5.84 Å². The summed E-state index contributed by atoms with van der Waals surface area (Å²) in [5.74, 6) is 0.472. The Balaban J connectivity index is 2.19. The molecule has 1 rings (SSSR count). The predicted molar refractivity (Wildman–Crippen MR) is 51.6 cm³/mol. The van der Waals surface area contributed by atoms with Gasteiger partial charge in [0, 0.05) is 25.9 Å². The number of nitrogens with zero attached hydrogens (tertiary/aromatic N) is 1. The van der Waals surface area contributed by atoms with E-state index in [2.05, 4.69) is 0 Å². The van der Waals surface area contributed by atoms with Gasteiger partial charge in [-0.25, -0.2) is 0 Å². The van der Waals surface area contributed by atoms with Crippen LogP contribution in [0.4, 0.5) is 0 Å². The van der Waals surface area contributed by atoms with Crippen molar-refractivity contribution in [2.24, 2.45) is 5.73 Å². The summed E-state index contributed by atoms with van der Waals surface area (Å²) < 4.78 is 0. The Labute approximate surface area is 78.6 Å². The number of hydrogen-bond acceptors (Lipinski definition) is 2. The molecule has 0 saturated carbocycles. The van der Waals surface area contributed by atoms with Crippen LogP contribution in [0.2, 0.25) is 0 Å². The normalized spacial score (nSPS) is 17.5. The highest BCUT2D eigenvalue weighted by atomic mass is 16.1. The van der Waals surface area contributed by atoms with Gasteiger partial charge < -0.3 is 10.6 Å². The minimum atomic E-state index is -0.247. The largest absolute Gasteiger partial charge is 0.370 e. The van der Waals surface area contributed by atoms with Crippen LogP contribution in [-0.4, -0.2) is 29.7 Å². The van der Waals surface area contributed by atoms with Gasteiger partial charge in [0.1, 0.15) is 0 Å². The van der Waals surface area contributed by atoms with Gasteiger partial charge in [-0.3, -0.25) is 10.2 Å². The van der Waals surface area contributed by atoms with Crippen molar-refractivity contribution in [1.29, 1.82) is 5.41 Å². The summed E-state index contributed by atoms with van der Waals surface area (Å²) >= 11 is 0. The van der Waals surface area contributed by atoms with Crippen LogP contribution in [0.3, 0.4) is 0 Å². The van der Waals surface area contributed by atoms with Crippen molar-refractivity contribution in [1.82, 2.24) is 4.90 Å². The monoisotopic (exact) mass is 183 g/mol. The van der Waals surface area contributed by atoms with Crippen LogP contribution in [0, 0.1) is 5.41 Å². The first-order valence-corrected chi connectivity index (χ1v) is 4.81. The zero-order valence-corrected chi connectivity index (χ0v) is 7.88. The van der Waals surface area contributed by atoms with Gasteiger partial charge in [0.25, 0.3) is 0 Å². The van der Waals surface area contributed by atoms with Crippen molar-refractivity contribution in [2.45, 2.75) is 32.1 Å². The molecule has 1 heterocycles. The Morgan fingerprint density at radius 1 is 1.54 bits per heavy atom. The second-order valence-corrected chi connectivity index (χ2v) is 3.46. The van der Waals surface area contributed by atoms with Crippen LogP contribution in [-0.2, 0) is 4.79 Å². The van der Waals surface area contributed by atoms with Gasteiger partial charge in [-0.15, -0.1) is 0 Å². The molecule has 1 fully saturated rings. The van der Waals surface area contributed by atoms with E-state index >= 15 is 0 Å². The Hall–Kier alpha value is -1.06. The molecule has 0 aliphatic carbocycles. The lowest BCUT2D eigenvalue weighted by molar-refractivity contribution is -0.118. The third-order valence-corrected chi connectivity index (χ3v) is 2.32. The third kappa shape index (κ3) is 3.44. The number of amidine groups is 1. The molecule has 1 amide bonds. The maximum absolute atomic E-state index is 10.5. The number of carbonyl (C=O) groups is 1. The van der Waals surface area contributed by atoms with Crippen LogP contribution < -0.4 is 5.73 Å². The number of primary amides is 1. The second-order valence-electron chi connectivity index (χ2n) is 3.46. The summed E-state index contributed by atoms with van der Waals surface area (Å²) in [4.78, 5) is 12.5. The summed E-state index contributed by atoms with van der Waals surface area (Å²) in [6, 6.07) is 0. The fourth-order valence-corrected chi connectivity index (χ4v) is 1.58. The molecule has 4 heteroatoms. The zero-order chi connectivity index (χ0) is 9.68. The Bertz CT molecular complexity index is 203. The highest BCUT2D eigenvalue weighted by molar-refractivity contribution is 5.79. The van der Waals surface area contributed by atoms with E-state index in [1.165, 1.54) is 6.42 Å². The second kappa shape index (κ2) is 4.84. The lowest BCUT2D eigenvalue weighted by Gasteiger charge is -2.29. The third-order valence-electron chi connectivity index (χ3n) is 2.32. The fourth-order valence-electron chi connectivity index (χ4n) is 1.58. The van der Waals surface area contributed by atoms with E-state index in [0.717, 1.165) is 38.2 Å². The molecule has 0 aromatic rings. The average molecular weight is 183 g/mol. The van der Waals surface area contributed by atoms with Crippen LogP contribution >= 0.6 is 0 Å². The molecule has 0 aromatic heterocycles. The Morgan fingerprint density at radius 2 is 2.31 bits per heavy atom. The summed E-state index contributed by atoms with van der Waals surface area (Å²) in [6.07, 6.45) is 4.39. The summed E-state index contributed by atoms with van der Waals surface area (Å²) in [5, 5.41) is 7.64. The van der Waals surface area contributed by atoms with Crippen molar-refractivity contribution in [3.63, 3.8) is 0 Å². The standard InChI is InChI=1S/C9H17N3O/c10-8-4-1-2-6-12(8)7-3-5-9(11)13/h10H,1-7H2,(H2,11,13). The van der Waals surface area contributed by atoms with Gasteiger partial charge >= 0.3 is 0 Å². The van der Waals surface area contributed by atoms with E-state index in [0.29, 0.717) is 6.42 Å². The van der Waals surface area contributed by atoms with Crippen LogP contribution in [0.5, 0.6) is 0 Å². The summed E-state index contributed by atoms with van der Waals surface area (Å²) in [6.45, 7) is 1.78. The quantitative estimate of drug-likeness (QED) is 0.674. The lowest BCUT2D eigenvalue weighted by atomic mass is 10.1. The Kier molecular flexibility index (Phi) is 3.73. The van der Waals surface area contributed by atoms with Gasteiger partial charge in [0.15, 0.2) is 0 Å². The summed E-state index contributed by atoms with van der Waals surface area (Å²) in [7, 11) is 0. The fraction of sp³-hybridized carbons (Fsp3) is 0.778. The van der Waals surface area contributed by atoms with Crippen LogP contribution in [0.25, 0.3) is 0 Å². The minimum Gasteiger partial charge on any atom is -0.370 e. The number of amides is 1. The number of rotatable bonds is 4. The highest BCUT2D eigenvalue weighted by Gasteiger charge is 2.13. The first-order chi connectivity index (χ1) is 6.20. The van der Waals surface area contributed by atoms with Crippen LogP contribution in [0.15, 0.2) is 0 Å².